The molecule has 0 fully saturated rings. The van der Waals surface area contributed by atoms with Crippen molar-refractivity contribution in [3.63, 3.8) is 0 Å². The number of hydrogen-bond acceptors (Lipinski definition) is 6. The minimum atomic E-state index is 0.710. The van der Waals surface area contributed by atoms with Crippen molar-refractivity contribution in [1.82, 2.24) is 15.3 Å². The lowest BCUT2D eigenvalue weighted by Gasteiger charge is -2.11. The third kappa shape index (κ3) is 4.08. The van der Waals surface area contributed by atoms with E-state index in [1.165, 1.54) is 0 Å². The number of nitrogens with one attached hydrogen (secondary N) is 1. The SMILES string of the molecule is COc1ccc(CNCc2cnc(N(C)C)nc2)cc1OC. The molecule has 0 atom stereocenters. The first-order chi connectivity index (χ1) is 10.6. The van der Waals surface area contributed by atoms with Crippen LogP contribution in [0.1, 0.15) is 11.1 Å². The summed E-state index contributed by atoms with van der Waals surface area (Å²) in [6.45, 7) is 1.44. The molecule has 1 aromatic heterocycles. The number of benzene rings is 1. The summed E-state index contributed by atoms with van der Waals surface area (Å²) in [5.74, 6) is 2.18. The molecule has 0 aliphatic rings. The van der Waals surface area contributed by atoms with E-state index < -0.39 is 0 Å². The first kappa shape index (κ1) is 16.0. The number of rotatable bonds is 7. The van der Waals surface area contributed by atoms with Crippen molar-refractivity contribution in [2.24, 2.45) is 0 Å². The molecule has 1 N–H and O–H groups in total. The molecule has 0 bridgehead atoms. The van der Waals surface area contributed by atoms with Gasteiger partial charge in [0.2, 0.25) is 5.95 Å². The first-order valence-electron chi connectivity index (χ1n) is 7.04. The fourth-order valence-corrected chi connectivity index (χ4v) is 2.01. The average Bonchev–Trinajstić information content (AvgIpc) is 2.55. The molecule has 22 heavy (non-hydrogen) atoms. The van der Waals surface area contributed by atoms with Gasteiger partial charge in [0, 0.05) is 45.1 Å². The Hall–Kier alpha value is -2.34. The second kappa shape index (κ2) is 7.61. The number of hydrogen-bond donors (Lipinski definition) is 1. The molecule has 0 unspecified atom stereocenters. The lowest BCUT2D eigenvalue weighted by molar-refractivity contribution is 0.354. The molecule has 1 heterocycles. The molecule has 6 heteroatoms. The molecule has 118 valence electrons. The highest BCUT2D eigenvalue weighted by atomic mass is 16.5. The topological polar surface area (TPSA) is 59.5 Å². The van der Waals surface area contributed by atoms with E-state index >= 15 is 0 Å². The second-order valence-corrected chi connectivity index (χ2v) is 5.08. The van der Waals surface area contributed by atoms with Gasteiger partial charge in [-0.2, -0.15) is 0 Å². The maximum atomic E-state index is 5.30. The lowest BCUT2D eigenvalue weighted by Crippen LogP contribution is -2.15. The second-order valence-electron chi connectivity index (χ2n) is 5.08. The molecule has 0 saturated heterocycles. The van der Waals surface area contributed by atoms with Gasteiger partial charge in [0.05, 0.1) is 14.2 Å². The molecule has 0 aliphatic heterocycles. The Morgan fingerprint density at radius 3 is 2.18 bits per heavy atom. The summed E-state index contributed by atoms with van der Waals surface area (Å²) in [6, 6.07) is 5.89. The van der Waals surface area contributed by atoms with Gasteiger partial charge in [-0.3, -0.25) is 0 Å². The van der Waals surface area contributed by atoms with E-state index in [2.05, 4.69) is 15.3 Å². The van der Waals surface area contributed by atoms with Crippen LogP contribution < -0.4 is 19.7 Å². The molecular weight excluding hydrogens is 280 g/mol. The molecule has 0 spiro atoms. The van der Waals surface area contributed by atoms with Gasteiger partial charge in [-0.15, -0.1) is 0 Å². The van der Waals surface area contributed by atoms with Crippen molar-refractivity contribution in [2.75, 3.05) is 33.2 Å². The summed E-state index contributed by atoms with van der Waals surface area (Å²) in [4.78, 5) is 10.5. The number of nitrogens with zero attached hydrogens (tertiary/aromatic N) is 3. The average molecular weight is 302 g/mol. The Morgan fingerprint density at radius 1 is 0.955 bits per heavy atom. The largest absolute Gasteiger partial charge is 0.493 e. The van der Waals surface area contributed by atoms with Crippen LogP contribution in [0, 0.1) is 0 Å². The molecule has 2 aromatic rings. The summed E-state index contributed by atoms with van der Waals surface area (Å²) in [5, 5.41) is 3.37. The van der Waals surface area contributed by atoms with Crippen LogP contribution >= 0.6 is 0 Å². The van der Waals surface area contributed by atoms with Gasteiger partial charge in [0.1, 0.15) is 0 Å². The van der Waals surface area contributed by atoms with E-state index in [4.69, 9.17) is 9.47 Å². The van der Waals surface area contributed by atoms with E-state index in [1.54, 1.807) is 14.2 Å². The predicted molar refractivity (Wildman–Crippen MR) is 86.4 cm³/mol. The van der Waals surface area contributed by atoms with Crippen LogP contribution in [-0.4, -0.2) is 38.3 Å². The van der Waals surface area contributed by atoms with E-state index in [0.717, 1.165) is 29.2 Å². The van der Waals surface area contributed by atoms with Crippen molar-refractivity contribution in [2.45, 2.75) is 13.1 Å². The van der Waals surface area contributed by atoms with Gasteiger partial charge >= 0.3 is 0 Å². The zero-order valence-electron chi connectivity index (χ0n) is 13.5. The van der Waals surface area contributed by atoms with Gasteiger partial charge in [-0.25, -0.2) is 9.97 Å². The fourth-order valence-electron chi connectivity index (χ4n) is 2.01. The van der Waals surface area contributed by atoms with E-state index in [9.17, 15) is 0 Å². The molecule has 0 amide bonds. The summed E-state index contributed by atoms with van der Waals surface area (Å²) in [5.41, 5.74) is 2.18. The molecule has 6 nitrogen and oxygen atoms in total. The summed E-state index contributed by atoms with van der Waals surface area (Å²) >= 11 is 0. The summed E-state index contributed by atoms with van der Waals surface area (Å²) in [7, 11) is 7.11. The molecule has 0 radical (unpaired) electrons. The van der Waals surface area contributed by atoms with E-state index in [1.807, 2.05) is 49.6 Å². The summed E-state index contributed by atoms with van der Waals surface area (Å²) in [6.07, 6.45) is 3.67. The maximum absolute atomic E-state index is 5.30. The molecule has 0 aliphatic carbocycles. The first-order valence-corrected chi connectivity index (χ1v) is 7.04. The minimum absolute atomic E-state index is 0.710. The number of anilines is 1. The maximum Gasteiger partial charge on any atom is 0.224 e. The Balaban J connectivity index is 1.90. The van der Waals surface area contributed by atoms with Crippen LogP contribution in [0.25, 0.3) is 0 Å². The Labute approximate surface area is 131 Å². The Kier molecular flexibility index (Phi) is 5.55. The smallest absolute Gasteiger partial charge is 0.224 e. The van der Waals surface area contributed by atoms with Gasteiger partial charge in [-0.1, -0.05) is 6.07 Å². The molecule has 2 rings (SSSR count). The van der Waals surface area contributed by atoms with Crippen molar-refractivity contribution in [3.8, 4) is 11.5 Å². The molecule has 1 aromatic carbocycles. The van der Waals surface area contributed by atoms with E-state index in [0.29, 0.717) is 12.5 Å². The van der Waals surface area contributed by atoms with Crippen molar-refractivity contribution < 1.29 is 9.47 Å². The number of methoxy groups -OCH3 is 2. The van der Waals surface area contributed by atoms with Gasteiger partial charge < -0.3 is 19.7 Å². The van der Waals surface area contributed by atoms with Crippen LogP contribution in [0.15, 0.2) is 30.6 Å². The third-order valence-corrected chi connectivity index (χ3v) is 3.20. The van der Waals surface area contributed by atoms with Gasteiger partial charge in [0.15, 0.2) is 11.5 Å². The third-order valence-electron chi connectivity index (χ3n) is 3.20. The van der Waals surface area contributed by atoms with Gasteiger partial charge in [0.25, 0.3) is 0 Å². The van der Waals surface area contributed by atoms with Crippen molar-refractivity contribution >= 4 is 5.95 Å². The minimum Gasteiger partial charge on any atom is -0.493 e. The molecule has 0 saturated carbocycles. The van der Waals surface area contributed by atoms with Crippen LogP contribution in [0.4, 0.5) is 5.95 Å². The number of ether oxygens (including phenoxy) is 2. The van der Waals surface area contributed by atoms with Crippen LogP contribution in [0.3, 0.4) is 0 Å². The van der Waals surface area contributed by atoms with Crippen molar-refractivity contribution in [3.05, 3.63) is 41.7 Å². The molecular formula is C16H22N4O2. The quantitative estimate of drug-likeness (QED) is 0.842. The zero-order valence-corrected chi connectivity index (χ0v) is 13.5. The Morgan fingerprint density at radius 2 is 1.59 bits per heavy atom. The predicted octanol–water partition coefficient (Wildman–Crippen LogP) is 1.85. The van der Waals surface area contributed by atoms with Gasteiger partial charge in [-0.05, 0) is 17.7 Å². The van der Waals surface area contributed by atoms with Crippen LogP contribution in [0.5, 0.6) is 11.5 Å². The lowest BCUT2D eigenvalue weighted by atomic mass is 10.2. The highest BCUT2D eigenvalue weighted by molar-refractivity contribution is 5.42. The van der Waals surface area contributed by atoms with Crippen molar-refractivity contribution in [1.29, 1.82) is 0 Å². The Bertz CT molecular complexity index is 600. The monoisotopic (exact) mass is 302 g/mol. The standard InChI is InChI=1S/C16H22N4O2/c1-20(2)16-18-10-13(11-19-16)9-17-8-12-5-6-14(21-3)15(7-12)22-4/h5-7,10-11,17H,8-9H2,1-4H3. The van der Waals surface area contributed by atoms with Crippen LogP contribution in [0.2, 0.25) is 0 Å². The highest BCUT2D eigenvalue weighted by Crippen LogP contribution is 2.27. The normalized spacial score (nSPS) is 10.4. The number of aromatic nitrogens is 2. The zero-order chi connectivity index (χ0) is 15.9. The highest BCUT2D eigenvalue weighted by Gasteiger charge is 2.04. The van der Waals surface area contributed by atoms with Crippen LogP contribution in [-0.2, 0) is 13.1 Å². The summed E-state index contributed by atoms with van der Waals surface area (Å²) < 4.78 is 10.5. The fraction of sp³-hybridized carbons (Fsp3) is 0.375. The van der Waals surface area contributed by atoms with E-state index in [-0.39, 0.29) is 0 Å².